The molecular formula is C23H26FN3O3. The van der Waals surface area contributed by atoms with Crippen molar-refractivity contribution in [2.45, 2.75) is 51.5 Å². The molecule has 1 aliphatic rings. The van der Waals surface area contributed by atoms with E-state index in [2.05, 4.69) is 10.4 Å². The zero-order valence-corrected chi connectivity index (χ0v) is 17.5. The predicted molar refractivity (Wildman–Crippen MR) is 115 cm³/mol. The second-order valence-corrected chi connectivity index (χ2v) is 8.13. The lowest BCUT2D eigenvalue weighted by atomic mass is 9.81. The van der Waals surface area contributed by atoms with Crippen LogP contribution in [0.5, 0.6) is 5.75 Å². The Morgan fingerprint density at radius 3 is 2.57 bits per heavy atom. The van der Waals surface area contributed by atoms with Gasteiger partial charge in [-0.1, -0.05) is 25.3 Å². The Kier molecular flexibility index (Phi) is 5.13. The van der Waals surface area contributed by atoms with Gasteiger partial charge in [-0.15, -0.1) is 0 Å². The lowest BCUT2D eigenvalue weighted by Gasteiger charge is -2.36. The lowest BCUT2D eigenvalue weighted by Crippen LogP contribution is -2.51. The van der Waals surface area contributed by atoms with Gasteiger partial charge in [0.25, 0.3) is 11.5 Å². The van der Waals surface area contributed by atoms with Crippen LogP contribution in [-0.4, -0.2) is 22.8 Å². The molecule has 0 atom stereocenters. The van der Waals surface area contributed by atoms with E-state index < -0.39 is 11.4 Å². The van der Waals surface area contributed by atoms with Crippen LogP contribution in [0.25, 0.3) is 10.9 Å². The number of ether oxygens (including phenoxy) is 1. The molecule has 1 aliphatic carbocycles. The molecule has 2 aromatic carbocycles. The van der Waals surface area contributed by atoms with Crippen LogP contribution in [-0.2, 0) is 10.3 Å². The fourth-order valence-electron chi connectivity index (χ4n) is 4.48. The molecule has 2 N–H and O–H groups in total. The van der Waals surface area contributed by atoms with Crippen molar-refractivity contribution < 1.29 is 13.9 Å². The van der Waals surface area contributed by atoms with E-state index in [-0.39, 0.29) is 16.9 Å². The van der Waals surface area contributed by atoms with E-state index >= 15 is 0 Å². The summed E-state index contributed by atoms with van der Waals surface area (Å²) in [6.07, 6.45) is 3.75. The fourth-order valence-corrected chi connectivity index (χ4v) is 4.48. The van der Waals surface area contributed by atoms with Gasteiger partial charge in [0.2, 0.25) is 0 Å². The number of aromatic amines is 1. The maximum absolute atomic E-state index is 13.9. The van der Waals surface area contributed by atoms with Gasteiger partial charge in [-0.05, 0) is 56.0 Å². The van der Waals surface area contributed by atoms with Gasteiger partial charge in [-0.2, -0.15) is 0 Å². The molecule has 1 saturated carbocycles. The SMILES string of the molecule is COc1cc(NC(=O)C2(n3[nH]c4c(C)cc(F)cc4c3=O)CCCCC2)ccc1C. The molecule has 0 spiro atoms. The highest BCUT2D eigenvalue weighted by molar-refractivity contribution is 5.97. The molecule has 0 aliphatic heterocycles. The van der Waals surface area contributed by atoms with Crippen molar-refractivity contribution in [2.24, 2.45) is 0 Å². The molecule has 7 heteroatoms. The number of benzene rings is 2. The predicted octanol–water partition coefficient (Wildman–Crippen LogP) is 4.39. The van der Waals surface area contributed by atoms with Crippen LogP contribution in [0.1, 0.15) is 43.2 Å². The van der Waals surface area contributed by atoms with Gasteiger partial charge >= 0.3 is 0 Å². The number of anilines is 1. The van der Waals surface area contributed by atoms with E-state index in [0.717, 1.165) is 24.8 Å². The monoisotopic (exact) mass is 411 g/mol. The van der Waals surface area contributed by atoms with Crippen LogP contribution in [0.2, 0.25) is 0 Å². The third-order valence-corrected chi connectivity index (χ3v) is 6.15. The number of halogens is 1. The van der Waals surface area contributed by atoms with E-state index in [1.165, 1.54) is 16.8 Å². The molecule has 0 unspecified atom stereocenters. The average Bonchev–Trinajstić information content (AvgIpc) is 3.07. The van der Waals surface area contributed by atoms with E-state index in [1.807, 2.05) is 19.1 Å². The van der Waals surface area contributed by atoms with E-state index in [1.54, 1.807) is 20.1 Å². The Balaban J connectivity index is 1.80. The number of fused-ring (bicyclic) bond motifs is 1. The molecule has 158 valence electrons. The van der Waals surface area contributed by atoms with Crippen molar-refractivity contribution >= 4 is 22.5 Å². The topological polar surface area (TPSA) is 76.1 Å². The zero-order chi connectivity index (χ0) is 21.5. The average molecular weight is 411 g/mol. The summed E-state index contributed by atoms with van der Waals surface area (Å²) >= 11 is 0. The number of hydrogen-bond acceptors (Lipinski definition) is 3. The van der Waals surface area contributed by atoms with Gasteiger partial charge in [0.1, 0.15) is 17.1 Å². The van der Waals surface area contributed by atoms with Crippen molar-refractivity contribution in [3.63, 3.8) is 0 Å². The van der Waals surface area contributed by atoms with Gasteiger partial charge in [-0.3, -0.25) is 14.7 Å². The third-order valence-electron chi connectivity index (χ3n) is 6.15. The minimum atomic E-state index is -1.05. The number of nitrogens with zero attached hydrogens (tertiary/aromatic N) is 1. The van der Waals surface area contributed by atoms with Gasteiger partial charge < -0.3 is 10.1 Å². The number of hydrogen-bond donors (Lipinski definition) is 2. The van der Waals surface area contributed by atoms with E-state index in [0.29, 0.717) is 35.4 Å². The first-order valence-corrected chi connectivity index (χ1v) is 10.2. The summed E-state index contributed by atoms with van der Waals surface area (Å²) in [5, 5.41) is 6.36. The van der Waals surface area contributed by atoms with Crippen LogP contribution in [0, 0.1) is 19.7 Å². The second-order valence-electron chi connectivity index (χ2n) is 8.13. The number of H-pyrrole nitrogens is 1. The normalized spacial score (nSPS) is 15.9. The quantitative estimate of drug-likeness (QED) is 0.668. The number of rotatable bonds is 4. The zero-order valence-electron chi connectivity index (χ0n) is 17.5. The first-order valence-electron chi connectivity index (χ1n) is 10.2. The second kappa shape index (κ2) is 7.63. The maximum Gasteiger partial charge on any atom is 0.275 e. The summed E-state index contributed by atoms with van der Waals surface area (Å²) in [4.78, 5) is 26.8. The van der Waals surface area contributed by atoms with Crippen molar-refractivity contribution in [3.05, 3.63) is 57.6 Å². The largest absolute Gasteiger partial charge is 0.496 e. The highest BCUT2D eigenvalue weighted by Gasteiger charge is 2.43. The number of aryl methyl sites for hydroxylation is 2. The van der Waals surface area contributed by atoms with Crippen LogP contribution < -0.4 is 15.6 Å². The smallest absolute Gasteiger partial charge is 0.275 e. The van der Waals surface area contributed by atoms with E-state index in [4.69, 9.17) is 4.74 Å². The highest BCUT2D eigenvalue weighted by atomic mass is 19.1. The number of carbonyl (C=O) groups is 1. The van der Waals surface area contributed by atoms with Crippen molar-refractivity contribution in [1.29, 1.82) is 0 Å². The molecule has 30 heavy (non-hydrogen) atoms. The molecular weight excluding hydrogens is 385 g/mol. The Morgan fingerprint density at radius 2 is 1.87 bits per heavy atom. The standard InChI is InChI=1S/C23H26FN3O3/c1-14-7-8-17(13-19(14)30-3)25-22(29)23(9-5-4-6-10-23)27-21(28)18-12-16(24)11-15(2)20(18)26-27/h7-8,11-13,26H,4-6,9-10H2,1-3H3,(H,25,29). The number of carbonyl (C=O) groups excluding carboxylic acids is 1. The molecule has 1 heterocycles. The van der Waals surface area contributed by atoms with Crippen LogP contribution >= 0.6 is 0 Å². The van der Waals surface area contributed by atoms with Gasteiger partial charge in [0.15, 0.2) is 0 Å². The summed E-state index contributed by atoms with van der Waals surface area (Å²) in [7, 11) is 1.59. The summed E-state index contributed by atoms with van der Waals surface area (Å²) in [5.41, 5.74) is 1.36. The first-order chi connectivity index (χ1) is 14.4. The minimum absolute atomic E-state index is 0.250. The number of methoxy groups -OCH3 is 1. The summed E-state index contributed by atoms with van der Waals surface area (Å²) in [6.45, 7) is 3.68. The molecule has 1 aromatic heterocycles. The number of amides is 1. The maximum atomic E-state index is 13.9. The Hall–Kier alpha value is -3.09. The van der Waals surface area contributed by atoms with Crippen LogP contribution in [0.4, 0.5) is 10.1 Å². The third kappa shape index (κ3) is 3.28. The molecule has 6 nitrogen and oxygen atoms in total. The number of nitrogens with one attached hydrogen (secondary N) is 2. The van der Waals surface area contributed by atoms with Gasteiger partial charge in [0.05, 0.1) is 18.0 Å². The minimum Gasteiger partial charge on any atom is -0.496 e. The molecule has 0 bridgehead atoms. The van der Waals surface area contributed by atoms with Crippen LogP contribution in [0.3, 0.4) is 0 Å². The Morgan fingerprint density at radius 1 is 1.13 bits per heavy atom. The molecule has 3 aromatic rings. The van der Waals surface area contributed by atoms with Crippen molar-refractivity contribution in [1.82, 2.24) is 9.78 Å². The van der Waals surface area contributed by atoms with Crippen molar-refractivity contribution in [2.75, 3.05) is 12.4 Å². The van der Waals surface area contributed by atoms with E-state index in [9.17, 15) is 14.0 Å². The van der Waals surface area contributed by atoms with Crippen LogP contribution in [0.15, 0.2) is 35.1 Å². The Labute approximate surface area is 174 Å². The molecule has 1 amide bonds. The molecule has 4 rings (SSSR count). The lowest BCUT2D eigenvalue weighted by molar-refractivity contribution is -0.127. The van der Waals surface area contributed by atoms with Gasteiger partial charge in [0, 0.05) is 11.8 Å². The molecule has 0 saturated heterocycles. The number of aromatic nitrogens is 2. The summed E-state index contributed by atoms with van der Waals surface area (Å²) in [6, 6.07) is 8.09. The summed E-state index contributed by atoms with van der Waals surface area (Å²) in [5.74, 6) is -0.0311. The summed E-state index contributed by atoms with van der Waals surface area (Å²) < 4.78 is 20.7. The van der Waals surface area contributed by atoms with Gasteiger partial charge in [-0.25, -0.2) is 9.07 Å². The first kappa shape index (κ1) is 20.2. The fraction of sp³-hybridized carbons (Fsp3) is 0.391. The highest BCUT2D eigenvalue weighted by Crippen LogP contribution is 2.36. The molecule has 1 fully saturated rings. The van der Waals surface area contributed by atoms with Crippen molar-refractivity contribution in [3.8, 4) is 5.75 Å². The Bertz CT molecular complexity index is 1170. The molecule has 0 radical (unpaired) electrons.